The van der Waals surface area contributed by atoms with Gasteiger partial charge in [0.2, 0.25) is 5.78 Å². The maximum atomic E-state index is 12.5. The minimum absolute atomic E-state index is 0.0345. The average Bonchev–Trinajstić information content (AvgIpc) is 2.56. The van der Waals surface area contributed by atoms with Gasteiger partial charge in [0, 0.05) is 11.8 Å². The largest absolute Gasteiger partial charge is 0.287 e. The summed E-state index contributed by atoms with van der Waals surface area (Å²) < 4.78 is 0. The number of benzene rings is 2. The number of hydrogen-bond donors (Lipinski definition) is 0. The van der Waals surface area contributed by atoms with Gasteiger partial charge in [-0.25, -0.2) is 0 Å². The van der Waals surface area contributed by atoms with E-state index in [1.54, 1.807) is 6.20 Å². The highest BCUT2D eigenvalue weighted by Gasteiger charge is 2.12. The van der Waals surface area contributed by atoms with Crippen LogP contribution in [-0.2, 0) is 0 Å². The quantitative estimate of drug-likeness (QED) is 0.666. The van der Waals surface area contributed by atoms with E-state index in [1.807, 2.05) is 61.5 Å². The number of rotatable bonds is 3. The van der Waals surface area contributed by atoms with Crippen LogP contribution in [0.15, 0.2) is 72.9 Å². The van der Waals surface area contributed by atoms with Gasteiger partial charge in [0.25, 0.3) is 0 Å². The van der Waals surface area contributed by atoms with Gasteiger partial charge in [-0.1, -0.05) is 60.7 Å². The Kier molecular flexibility index (Phi) is 3.61. The number of aryl methyl sites for hydroxylation is 1. The third-order valence-electron chi connectivity index (χ3n) is 3.48. The number of nitrogens with zero attached hydrogens (tertiary/aromatic N) is 1. The predicted molar refractivity (Wildman–Crippen MR) is 84.3 cm³/mol. The molecule has 0 aliphatic heterocycles. The molecule has 0 aliphatic rings. The van der Waals surface area contributed by atoms with Gasteiger partial charge in [-0.3, -0.25) is 9.78 Å². The molecule has 0 radical (unpaired) electrons. The Morgan fingerprint density at radius 2 is 1.48 bits per heavy atom. The van der Waals surface area contributed by atoms with Crippen molar-refractivity contribution >= 4 is 5.78 Å². The Morgan fingerprint density at radius 3 is 2.14 bits per heavy atom. The summed E-state index contributed by atoms with van der Waals surface area (Å²) in [6.45, 7) is 1.90. The van der Waals surface area contributed by atoms with E-state index in [0.29, 0.717) is 11.3 Å². The fraction of sp³-hybridized carbons (Fsp3) is 0.0526. The van der Waals surface area contributed by atoms with Crippen molar-refractivity contribution in [1.29, 1.82) is 0 Å². The van der Waals surface area contributed by atoms with Crippen LogP contribution in [0, 0.1) is 6.92 Å². The van der Waals surface area contributed by atoms with Gasteiger partial charge in [-0.15, -0.1) is 0 Å². The van der Waals surface area contributed by atoms with Crippen molar-refractivity contribution in [3.8, 4) is 11.1 Å². The van der Waals surface area contributed by atoms with Crippen LogP contribution in [0.4, 0.5) is 0 Å². The van der Waals surface area contributed by atoms with E-state index in [4.69, 9.17) is 0 Å². The SMILES string of the molecule is Cc1cccnc1C(=O)c1ccc(-c2ccccc2)cc1. The van der Waals surface area contributed by atoms with Crippen molar-refractivity contribution in [3.05, 3.63) is 89.7 Å². The molecule has 0 N–H and O–H groups in total. The minimum Gasteiger partial charge on any atom is -0.287 e. The van der Waals surface area contributed by atoms with E-state index < -0.39 is 0 Å². The molecule has 0 unspecified atom stereocenters. The lowest BCUT2D eigenvalue weighted by Crippen LogP contribution is -2.06. The van der Waals surface area contributed by atoms with Crippen LogP contribution in [0.5, 0.6) is 0 Å². The standard InChI is InChI=1S/C19H15NO/c1-14-6-5-13-20-18(14)19(21)17-11-9-16(10-12-17)15-7-3-2-4-8-15/h2-13H,1H3. The number of carbonyl (C=O) groups excluding carboxylic acids is 1. The van der Waals surface area contributed by atoms with Crippen LogP contribution in [0.25, 0.3) is 11.1 Å². The highest BCUT2D eigenvalue weighted by molar-refractivity contribution is 6.08. The number of hydrogen-bond acceptors (Lipinski definition) is 2. The fourth-order valence-electron chi connectivity index (χ4n) is 2.30. The normalized spacial score (nSPS) is 10.3. The lowest BCUT2D eigenvalue weighted by Gasteiger charge is -2.05. The summed E-state index contributed by atoms with van der Waals surface area (Å²) in [5.74, 6) is -0.0345. The first-order chi connectivity index (χ1) is 10.3. The molecular weight excluding hydrogens is 258 g/mol. The zero-order chi connectivity index (χ0) is 14.7. The van der Waals surface area contributed by atoms with Gasteiger partial charge >= 0.3 is 0 Å². The maximum absolute atomic E-state index is 12.5. The first kappa shape index (κ1) is 13.3. The minimum atomic E-state index is -0.0345. The molecule has 1 heterocycles. The number of carbonyl (C=O) groups is 1. The van der Waals surface area contributed by atoms with E-state index >= 15 is 0 Å². The Hall–Kier alpha value is -2.74. The second-order valence-corrected chi connectivity index (χ2v) is 4.94. The highest BCUT2D eigenvalue weighted by Crippen LogP contribution is 2.20. The monoisotopic (exact) mass is 273 g/mol. The van der Waals surface area contributed by atoms with Gasteiger partial charge in [0.15, 0.2) is 0 Å². The Morgan fingerprint density at radius 1 is 0.810 bits per heavy atom. The second kappa shape index (κ2) is 5.71. The zero-order valence-corrected chi connectivity index (χ0v) is 11.8. The van der Waals surface area contributed by atoms with Crippen LogP contribution in [0.3, 0.4) is 0 Å². The van der Waals surface area contributed by atoms with Gasteiger partial charge < -0.3 is 0 Å². The highest BCUT2D eigenvalue weighted by atomic mass is 16.1. The van der Waals surface area contributed by atoms with Crippen LogP contribution < -0.4 is 0 Å². The van der Waals surface area contributed by atoms with Crippen molar-refractivity contribution in [2.75, 3.05) is 0 Å². The number of ketones is 1. The smallest absolute Gasteiger partial charge is 0.211 e. The van der Waals surface area contributed by atoms with E-state index in [0.717, 1.165) is 16.7 Å². The molecule has 0 spiro atoms. The molecular formula is C19H15NO. The molecule has 2 heteroatoms. The van der Waals surface area contributed by atoms with Crippen molar-refractivity contribution in [2.45, 2.75) is 6.92 Å². The molecule has 1 aromatic heterocycles. The summed E-state index contributed by atoms with van der Waals surface area (Å²) >= 11 is 0. The molecule has 0 aliphatic carbocycles. The summed E-state index contributed by atoms with van der Waals surface area (Å²) in [5.41, 5.74) is 4.33. The molecule has 3 rings (SSSR count). The summed E-state index contributed by atoms with van der Waals surface area (Å²) in [4.78, 5) is 16.6. The van der Waals surface area contributed by atoms with Crippen molar-refractivity contribution in [1.82, 2.24) is 4.98 Å². The number of pyridine rings is 1. The molecule has 2 nitrogen and oxygen atoms in total. The number of aromatic nitrogens is 1. The van der Waals surface area contributed by atoms with E-state index in [2.05, 4.69) is 17.1 Å². The third kappa shape index (κ3) is 2.75. The van der Waals surface area contributed by atoms with E-state index in [9.17, 15) is 4.79 Å². The fourth-order valence-corrected chi connectivity index (χ4v) is 2.30. The van der Waals surface area contributed by atoms with E-state index in [1.165, 1.54) is 0 Å². The molecule has 3 aromatic rings. The van der Waals surface area contributed by atoms with E-state index in [-0.39, 0.29) is 5.78 Å². The zero-order valence-electron chi connectivity index (χ0n) is 11.8. The lowest BCUT2D eigenvalue weighted by atomic mass is 10.00. The summed E-state index contributed by atoms with van der Waals surface area (Å²) in [5, 5.41) is 0. The van der Waals surface area contributed by atoms with Gasteiger partial charge in [-0.2, -0.15) is 0 Å². The first-order valence-corrected chi connectivity index (χ1v) is 6.87. The molecule has 0 saturated carbocycles. The summed E-state index contributed by atoms with van der Waals surface area (Å²) in [7, 11) is 0. The molecule has 0 bridgehead atoms. The molecule has 102 valence electrons. The average molecular weight is 273 g/mol. The second-order valence-electron chi connectivity index (χ2n) is 4.94. The Labute approximate surface area is 124 Å². The topological polar surface area (TPSA) is 30.0 Å². The van der Waals surface area contributed by atoms with Crippen molar-refractivity contribution in [3.63, 3.8) is 0 Å². The van der Waals surface area contributed by atoms with Gasteiger partial charge in [-0.05, 0) is 29.7 Å². The Balaban J connectivity index is 1.91. The third-order valence-corrected chi connectivity index (χ3v) is 3.48. The van der Waals surface area contributed by atoms with Crippen molar-refractivity contribution in [2.24, 2.45) is 0 Å². The summed E-state index contributed by atoms with van der Waals surface area (Å²) in [6, 6.07) is 21.5. The van der Waals surface area contributed by atoms with Crippen LogP contribution in [-0.4, -0.2) is 10.8 Å². The van der Waals surface area contributed by atoms with Gasteiger partial charge in [0.05, 0.1) is 0 Å². The summed E-state index contributed by atoms with van der Waals surface area (Å²) in [6.07, 6.45) is 1.65. The van der Waals surface area contributed by atoms with Crippen LogP contribution in [0.2, 0.25) is 0 Å². The lowest BCUT2D eigenvalue weighted by molar-refractivity contribution is 0.103. The van der Waals surface area contributed by atoms with Crippen LogP contribution in [0.1, 0.15) is 21.6 Å². The van der Waals surface area contributed by atoms with Crippen LogP contribution >= 0.6 is 0 Å². The molecule has 0 amide bonds. The van der Waals surface area contributed by atoms with Gasteiger partial charge in [0.1, 0.15) is 5.69 Å². The Bertz CT molecular complexity index is 761. The van der Waals surface area contributed by atoms with Crippen molar-refractivity contribution < 1.29 is 4.79 Å². The molecule has 2 aromatic carbocycles. The predicted octanol–water partition coefficient (Wildman–Crippen LogP) is 4.29. The molecule has 0 saturated heterocycles. The molecule has 0 atom stereocenters. The first-order valence-electron chi connectivity index (χ1n) is 6.87. The molecule has 0 fully saturated rings. The molecule has 21 heavy (non-hydrogen) atoms. The maximum Gasteiger partial charge on any atom is 0.211 e.